The second-order valence-corrected chi connectivity index (χ2v) is 2.46. The fourth-order valence-electron chi connectivity index (χ4n) is 0.997. The van der Waals surface area contributed by atoms with E-state index < -0.39 is 0 Å². The second kappa shape index (κ2) is 3.98. The second-order valence-electron chi connectivity index (χ2n) is 2.46. The molecule has 0 radical (unpaired) electrons. The number of rotatable bonds is 3. The lowest BCUT2D eigenvalue weighted by Gasteiger charge is -2.00. The highest BCUT2D eigenvalue weighted by molar-refractivity contribution is 5.26. The van der Waals surface area contributed by atoms with Gasteiger partial charge in [0, 0.05) is 5.56 Å². The van der Waals surface area contributed by atoms with Crippen molar-refractivity contribution in [1.82, 2.24) is 0 Å². The van der Waals surface area contributed by atoms with E-state index in [0.29, 0.717) is 0 Å². The average Bonchev–Trinajstić information content (AvgIpc) is 2.07. The SMILES string of the molecule is C[NH2+]Cc1ccc(OC)cc1. The van der Waals surface area contributed by atoms with Gasteiger partial charge in [-0.15, -0.1) is 0 Å². The van der Waals surface area contributed by atoms with Crippen molar-refractivity contribution in [3.05, 3.63) is 29.8 Å². The number of ether oxygens (including phenoxy) is 1. The molecule has 2 N–H and O–H groups in total. The van der Waals surface area contributed by atoms with Crippen LogP contribution in [0.5, 0.6) is 5.75 Å². The predicted octanol–water partition coefficient (Wildman–Crippen LogP) is 0.388. The lowest BCUT2D eigenvalue weighted by molar-refractivity contribution is -0.643. The lowest BCUT2D eigenvalue weighted by atomic mass is 10.2. The van der Waals surface area contributed by atoms with E-state index in [1.54, 1.807) is 7.11 Å². The quantitative estimate of drug-likeness (QED) is 0.666. The van der Waals surface area contributed by atoms with Crippen molar-refractivity contribution in [2.75, 3.05) is 14.2 Å². The minimum atomic E-state index is 0.921. The first-order valence-electron chi connectivity index (χ1n) is 3.77. The molecule has 0 bridgehead atoms. The standard InChI is InChI=1S/C9H13NO/c1-10-7-8-3-5-9(11-2)6-4-8/h3-6,10H,7H2,1-2H3/p+1. The fourth-order valence-corrected chi connectivity index (χ4v) is 0.997. The molecule has 0 atom stereocenters. The van der Waals surface area contributed by atoms with Gasteiger partial charge in [-0.3, -0.25) is 0 Å². The molecule has 0 unspecified atom stereocenters. The van der Waals surface area contributed by atoms with Crippen LogP contribution in [-0.4, -0.2) is 14.2 Å². The summed E-state index contributed by atoms with van der Waals surface area (Å²) < 4.78 is 5.04. The summed E-state index contributed by atoms with van der Waals surface area (Å²) in [4.78, 5) is 0. The van der Waals surface area contributed by atoms with E-state index in [4.69, 9.17) is 4.74 Å². The highest BCUT2D eigenvalue weighted by Gasteiger charge is 1.92. The summed E-state index contributed by atoms with van der Waals surface area (Å²) in [6.07, 6.45) is 0. The van der Waals surface area contributed by atoms with E-state index in [1.807, 2.05) is 12.1 Å². The molecule has 0 heterocycles. The highest BCUT2D eigenvalue weighted by Crippen LogP contribution is 2.09. The number of hydrogen-bond donors (Lipinski definition) is 1. The average molecular weight is 152 g/mol. The Bertz CT molecular complexity index is 205. The van der Waals surface area contributed by atoms with Gasteiger partial charge in [-0.1, -0.05) is 0 Å². The molecule has 0 saturated carbocycles. The minimum absolute atomic E-state index is 0.921. The monoisotopic (exact) mass is 152 g/mol. The van der Waals surface area contributed by atoms with Crippen molar-refractivity contribution >= 4 is 0 Å². The van der Waals surface area contributed by atoms with Gasteiger partial charge in [0.1, 0.15) is 12.3 Å². The summed E-state index contributed by atoms with van der Waals surface area (Å²) in [5.41, 5.74) is 1.33. The van der Waals surface area contributed by atoms with E-state index in [9.17, 15) is 0 Å². The Kier molecular flexibility index (Phi) is 2.93. The third-order valence-electron chi connectivity index (χ3n) is 1.60. The van der Waals surface area contributed by atoms with Crippen LogP contribution >= 0.6 is 0 Å². The van der Waals surface area contributed by atoms with Crippen LogP contribution in [0, 0.1) is 0 Å². The normalized spacial score (nSPS) is 9.64. The molecule has 0 fully saturated rings. The number of nitrogens with two attached hydrogens (primary N) is 1. The summed E-state index contributed by atoms with van der Waals surface area (Å²) in [6, 6.07) is 8.13. The molecule has 0 aliphatic carbocycles. The molecule has 0 saturated heterocycles. The van der Waals surface area contributed by atoms with Gasteiger partial charge >= 0.3 is 0 Å². The van der Waals surface area contributed by atoms with Crippen LogP contribution in [0.1, 0.15) is 5.56 Å². The molecule has 1 aromatic rings. The third kappa shape index (κ3) is 2.24. The van der Waals surface area contributed by atoms with Gasteiger partial charge in [-0.25, -0.2) is 0 Å². The van der Waals surface area contributed by atoms with Crippen molar-refractivity contribution in [2.45, 2.75) is 6.54 Å². The fraction of sp³-hybridized carbons (Fsp3) is 0.333. The van der Waals surface area contributed by atoms with E-state index in [-0.39, 0.29) is 0 Å². The molecule has 2 heteroatoms. The van der Waals surface area contributed by atoms with E-state index in [0.717, 1.165) is 12.3 Å². The molecule has 0 amide bonds. The molecule has 0 spiro atoms. The first kappa shape index (κ1) is 8.08. The van der Waals surface area contributed by atoms with Crippen molar-refractivity contribution in [3.8, 4) is 5.75 Å². The molecular formula is C9H14NO+. The highest BCUT2D eigenvalue weighted by atomic mass is 16.5. The van der Waals surface area contributed by atoms with Crippen LogP contribution in [0.4, 0.5) is 0 Å². The molecule has 1 rings (SSSR count). The summed E-state index contributed by atoms with van der Waals surface area (Å²) in [7, 11) is 3.74. The van der Waals surface area contributed by atoms with Crippen LogP contribution in [0.3, 0.4) is 0 Å². The number of quaternary nitrogens is 1. The smallest absolute Gasteiger partial charge is 0.118 e. The summed E-state index contributed by atoms with van der Waals surface area (Å²) >= 11 is 0. The molecule has 0 aliphatic rings. The van der Waals surface area contributed by atoms with Gasteiger partial charge in [-0.05, 0) is 24.3 Å². The van der Waals surface area contributed by atoms with Crippen LogP contribution < -0.4 is 10.1 Å². The van der Waals surface area contributed by atoms with Gasteiger partial charge in [-0.2, -0.15) is 0 Å². The summed E-state index contributed by atoms with van der Waals surface area (Å²) in [5.74, 6) is 0.921. The maximum Gasteiger partial charge on any atom is 0.118 e. The van der Waals surface area contributed by atoms with E-state index in [1.165, 1.54) is 5.56 Å². The molecular weight excluding hydrogens is 138 g/mol. The minimum Gasteiger partial charge on any atom is -0.497 e. The molecule has 1 aromatic carbocycles. The first-order chi connectivity index (χ1) is 5.36. The number of hydrogen-bond acceptors (Lipinski definition) is 1. The zero-order valence-corrected chi connectivity index (χ0v) is 7.00. The van der Waals surface area contributed by atoms with Gasteiger partial charge < -0.3 is 10.1 Å². The Labute approximate surface area is 67.2 Å². The summed E-state index contributed by atoms with van der Waals surface area (Å²) in [5, 5.41) is 2.14. The van der Waals surface area contributed by atoms with Crippen molar-refractivity contribution in [1.29, 1.82) is 0 Å². The molecule has 11 heavy (non-hydrogen) atoms. The summed E-state index contributed by atoms with van der Waals surface area (Å²) in [6.45, 7) is 1.03. The van der Waals surface area contributed by atoms with Gasteiger partial charge in [0.05, 0.1) is 14.2 Å². The zero-order valence-electron chi connectivity index (χ0n) is 7.00. The molecule has 60 valence electrons. The molecule has 0 aromatic heterocycles. The van der Waals surface area contributed by atoms with Crippen molar-refractivity contribution < 1.29 is 10.1 Å². The van der Waals surface area contributed by atoms with Gasteiger partial charge in [0.2, 0.25) is 0 Å². The van der Waals surface area contributed by atoms with Gasteiger partial charge in [0.25, 0.3) is 0 Å². The topological polar surface area (TPSA) is 25.8 Å². The Hall–Kier alpha value is -1.02. The van der Waals surface area contributed by atoms with Crippen molar-refractivity contribution in [2.24, 2.45) is 0 Å². The van der Waals surface area contributed by atoms with Crippen LogP contribution in [0.15, 0.2) is 24.3 Å². The van der Waals surface area contributed by atoms with E-state index in [2.05, 4.69) is 24.5 Å². The zero-order chi connectivity index (χ0) is 8.10. The molecule has 0 aliphatic heterocycles. The molecule has 2 nitrogen and oxygen atoms in total. The third-order valence-corrected chi connectivity index (χ3v) is 1.60. The van der Waals surface area contributed by atoms with Gasteiger partial charge in [0.15, 0.2) is 0 Å². The maximum absolute atomic E-state index is 5.04. The largest absolute Gasteiger partial charge is 0.497 e. The Balaban J connectivity index is 2.66. The first-order valence-corrected chi connectivity index (χ1v) is 3.77. The maximum atomic E-state index is 5.04. The predicted molar refractivity (Wildman–Crippen MR) is 44.5 cm³/mol. The number of benzene rings is 1. The lowest BCUT2D eigenvalue weighted by Crippen LogP contribution is -2.77. The Morgan fingerprint density at radius 2 is 1.91 bits per heavy atom. The van der Waals surface area contributed by atoms with E-state index >= 15 is 0 Å². The Morgan fingerprint density at radius 3 is 2.36 bits per heavy atom. The Morgan fingerprint density at radius 1 is 1.27 bits per heavy atom. The van der Waals surface area contributed by atoms with Crippen LogP contribution in [0.25, 0.3) is 0 Å². The van der Waals surface area contributed by atoms with Crippen LogP contribution in [0.2, 0.25) is 0 Å². The van der Waals surface area contributed by atoms with Crippen molar-refractivity contribution in [3.63, 3.8) is 0 Å². The van der Waals surface area contributed by atoms with Crippen LogP contribution in [-0.2, 0) is 6.54 Å². The number of methoxy groups -OCH3 is 1.